The molecule has 1 unspecified atom stereocenters. The van der Waals surface area contributed by atoms with Crippen LogP contribution in [0.3, 0.4) is 0 Å². The molecule has 22 heavy (non-hydrogen) atoms. The number of halogens is 1. The minimum Gasteiger partial charge on any atom is -0.444 e. The zero-order valence-electron chi connectivity index (χ0n) is 11.9. The van der Waals surface area contributed by atoms with Crippen molar-refractivity contribution in [2.75, 3.05) is 6.26 Å². The van der Waals surface area contributed by atoms with Crippen LogP contribution >= 0.6 is 0 Å². The largest absolute Gasteiger partial charge is 0.444 e. The van der Waals surface area contributed by atoms with Crippen molar-refractivity contribution in [1.29, 1.82) is 0 Å². The number of hydrogen-bond acceptors (Lipinski definition) is 4. The number of aromatic nitrogens is 1. The maximum absolute atomic E-state index is 12.9. The number of benzene rings is 1. The second-order valence-corrected chi connectivity index (χ2v) is 7.43. The fourth-order valence-electron chi connectivity index (χ4n) is 2.24. The van der Waals surface area contributed by atoms with Gasteiger partial charge in [-0.3, -0.25) is 0 Å². The molecule has 2 aromatic rings. The van der Waals surface area contributed by atoms with Gasteiger partial charge in [0.15, 0.2) is 9.84 Å². The van der Waals surface area contributed by atoms with Gasteiger partial charge in [0.25, 0.3) is 0 Å². The topological polar surface area (TPSA) is 60.2 Å². The quantitative estimate of drug-likeness (QED) is 0.871. The second-order valence-electron chi connectivity index (χ2n) is 5.17. The molecule has 3 rings (SSSR count). The van der Waals surface area contributed by atoms with Crippen LogP contribution in [0.15, 0.2) is 53.2 Å². The monoisotopic (exact) mass is 319 g/mol. The van der Waals surface area contributed by atoms with Crippen molar-refractivity contribution in [2.45, 2.75) is 11.7 Å². The molecule has 4 nitrogen and oxygen atoms in total. The zero-order valence-corrected chi connectivity index (χ0v) is 12.7. The van der Waals surface area contributed by atoms with E-state index in [4.69, 9.17) is 4.42 Å². The van der Waals surface area contributed by atoms with E-state index in [1.165, 1.54) is 24.7 Å². The summed E-state index contributed by atoms with van der Waals surface area (Å²) in [5.41, 5.74) is 2.13. The first-order valence-electron chi connectivity index (χ1n) is 6.72. The molecular formula is C16H14FNO3S. The van der Waals surface area contributed by atoms with Gasteiger partial charge < -0.3 is 4.42 Å². The molecule has 0 N–H and O–H groups in total. The maximum atomic E-state index is 12.9. The summed E-state index contributed by atoms with van der Waals surface area (Å²) >= 11 is 0. The highest BCUT2D eigenvalue weighted by Crippen LogP contribution is 2.26. The van der Waals surface area contributed by atoms with Crippen LogP contribution < -0.4 is 0 Å². The summed E-state index contributed by atoms with van der Waals surface area (Å²) < 4.78 is 41.3. The van der Waals surface area contributed by atoms with E-state index in [9.17, 15) is 12.8 Å². The Kier molecular flexibility index (Phi) is 3.70. The SMILES string of the molecule is CS(=O)(=O)C1C=CC(c2coc(-c3ccc(F)cc3)n2)=CC1. The Hall–Kier alpha value is -2.21. The molecule has 0 bridgehead atoms. The Morgan fingerprint density at radius 2 is 2.00 bits per heavy atom. The van der Waals surface area contributed by atoms with E-state index in [2.05, 4.69) is 4.98 Å². The minimum atomic E-state index is -3.08. The lowest BCUT2D eigenvalue weighted by atomic mass is 10.0. The number of oxazole rings is 1. The molecule has 6 heteroatoms. The van der Waals surface area contributed by atoms with Crippen LogP contribution in [0.2, 0.25) is 0 Å². The van der Waals surface area contributed by atoms with Crippen molar-refractivity contribution in [2.24, 2.45) is 0 Å². The number of rotatable bonds is 3. The van der Waals surface area contributed by atoms with Crippen molar-refractivity contribution in [3.8, 4) is 11.5 Å². The summed E-state index contributed by atoms with van der Waals surface area (Å²) in [6.07, 6.45) is 8.39. The fourth-order valence-corrected chi connectivity index (χ4v) is 3.05. The van der Waals surface area contributed by atoms with Gasteiger partial charge in [0.05, 0.1) is 5.25 Å². The van der Waals surface area contributed by atoms with E-state index in [1.54, 1.807) is 24.3 Å². The summed E-state index contributed by atoms with van der Waals surface area (Å²) in [7, 11) is -3.08. The van der Waals surface area contributed by atoms with Crippen LogP contribution in [-0.4, -0.2) is 24.9 Å². The standard InChI is InChI=1S/C16H14FNO3S/c1-22(19,20)14-8-4-11(5-9-14)15-10-21-16(18-15)12-2-6-13(17)7-3-12/h2-8,10,14H,9H2,1H3. The summed E-state index contributed by atoms with van der Waals surface area (Å²) in [6.45, 7) is 0. The molecule has 0 saturated heterocycles. The molecule has 0 spiro atoms. The lowest BCUT2D eigenvalue weighted by Gasteiger charge is -2.13. The van der Waals surface area contributed by atoms with E-state index >= 15 is 0 Å². The predicted molar refractivity (Wildman–Crippen MR) is 82.3 cm³/mol. The zero-order chi connectivity index (χ0) is 15.7. The van der Waals surface area contributed by atoms with Gasteiger partial charge in [0.2, 0.25) is 5.89 Å². The van der Waals surface area contributed by atoms with E-state index in [0.29, 0.717) is 23.6 Å². The molecule has 1 aromatic heterocycles. The van der Waals surface area contributed by atoms with Crippen LogP contribution in [0.5, 0.6) is 0 Å². The van der Waals surface area contributed by atoms with Crippen molar-refractivity contribution < 1.29 is 17.2 Å². The molecular weight excluding hydrogens is 305 g/mol. The van der Waals surface area contributed by atoms with E-state index in [1.807, 2.05) is 6.08 Å². The predicted octanol–water partition coefficient (Wildman–Crippen LogP) is 3.24. The number of allylic oxidation sites excluding steroid dienone is 3. The highest BCUT2D eigenvalue weighted by atomic mass is 32.2. The van der Waals surface area contributed by atoms with Crippen LogP contribution in [0.4, 0.5) is 4.39 Å². The van der Waals surface area contributed by atoms with Gasteiger partial charge in [-0.25, -0.2) is 17.8 Å². The molecule has 1 heterocycles. The van der Waals surface area contributed by atoms with Crippen LogP contribution in [0.25, 0.3) is 17.0 Å². The molecule has 1 aromatic carbocycles. The number of hydrogen-bond donors (Lipinski definition) is 0. The van der Waals surface area contributed by atoms with Crippen molar-refractivity contribution in [3.63, 3.8) is 0 Å². The van der Waals surface area contributed by atoms with E-state index in [0.717, 1.165) is 5.57 Å². The molecule has 0 fully saturated rings. The Morgan fingerprint density at radius 3 is 2.59 bits per heavy atom. The van der Waals surface area contributed by atoms with E-state index < -0.39 is 15.1 Å². The van der Waals surface area contributed by atoms with Crippen molar-refractivity contribution in [3.05, 3.63) is 60.3 Å². The molecule has 0 saturated carbocycles. The smallest absolute Gasteiger partial charge is 0.226 e. The average Bonchev–Trinajstić information content (AvgIpc) is 2.97. The lowest BCUT2D eigenvalue weighted by molar-refractivity contribution is 0.573. The molecule has 114 valence electrons. The molecule has 0 amide bonds. The first-order chi connectivity index (χ1) is 10.4. The van der Waals surface area contributed by atoms with Gasteiger partial charge in [0.1, 0.15) is 17.8 Å². The first kappa shape index (κ1) is 14.7. The van der Waals surface area contributed by atoms with Crippen LogP contribution in [0, 0.1) is 5.82 Å². The third kappa shape index (κ3) is 3.01. The molecule has 1 atom stereocenters. The maximum Gasteiger partial charge on any atom is 0.226 e. The van der Waals surface area contributed by atoms with Gasteiger partial charge >= 0.3 is 0 Å². The van der Waals surface area contributed by atoms with Gasteiger partial charge in [0, 0.05) is 11.8 Å². The van der Waals surface area contributed by atoms with Crippen LogP contribution in [0.1, 0.15) is 12.1 Å². The summed E-state index contributed by atoms with van der Waals surface area (Å²) in [6, 6.07) is 5.87. The normalized spacial score (nSPS) is 18.3. The van der Waals surface area contributed by atoms with Crippen LogP contribution in [-0.2, 0) is 9.84 Å². The van der Waals surface area contributed by atoms with Gasteiger partial charge in [-0.15, -0.1) is 0 Å². The summed E-state index contributed by atoms with van der Waals surface area (Å²) in [5, 5.41) is -0.486. The number of nitrogens with zero attached hydrogens (tertiary/aromatic N) is 1. The van der Waals surface area contributed by atoms with Gasteiger partial charge in [-0.05, 0) is 36.3 Å². The number of sulfone groups is 1. The van der Waals surface area contributed by atoms with Gasteiger partial charge in [-0.2, -0.15) is 0 Å². The Labute approximate surface area is 127 Å². The fraction of sp³-hybridized carbons (Fsp3) is 0.188. The molecule has 0 radical (unpaired) electrons. The van der Waals surface area contributed by atoms with E-state index in [-0.39, 0.29) is 5.82 Å². The molecule has 1 aliphatic carbocycles. The molecule has 0 aliphatic heterocycles. The minimum absolute atomic E-state index is 0.319. The lowest BCUT2D eigenvalue weighted by Crippen LogP contribution is -2.18. The average molecular weight is 319 g/mol. The third-order valence-corrected chi connectivity index (χ3v) is 4.95. The summed E-state index contributed by atoms with van der Waals surface area (Å²) in [4.78, 5) is 4.36. The Morgan fingerprint density at radius 1 is 1.27 bits per heavy atom. The summed E-state index contributed by atoms with van der Waals surface area (Å²) in [5.74, 6) is 0.0785. The Balaban J connectivity index is 1.82. The first-order valence-corrected chi connectivity index (χ1v) is 8.68. The Bertz CT molecular complexity index is 848. The van der Waals surface area contributed by atoms with Crippen molar-refractivity contribution in [1.82, 2.24) is 4.98 Å². The van der Waals surface area contributed by atoms with Crippen molar-refractivity contribution >= 4 is 15.4 Å². The van der Waals surface area contributed by atoms with Gasteiger partial charge in [-0.1, -0.05) is 18.2 Å². The highest BCUT2D eigenvalue weighted by molar-refractivity contribution is 7.91. The second kappa shape index (κ2) is 5.53. The molecule has 1 aliphatic rings. The highest BCUT2D eigenvalue weighted by Gasteiger charge is 2.20. The third-order valence-electron chi connectivity index (χ3n) is 3.50.